The number of hydrogen-bond donors (Lipinski definition) is 2. The zero-order valence-electron chi connectivity index (χ0n) is 8.99. The summed E-state index contributed by atoms with van der Waals surface area (Å²) in [6.45, 7) is 9.23. The fourth-order valence-electron chi connectivity index (χ4n) is 1.62. The third kappa shape index (κ3) is 2.03. The molecule has 2 N–H and O–H groups in total. The predicted molar refractivity (Wildman–Crippen MR) is 52.5 cm³/mol. The van der Waals surface area contributed by atoms with Gasteiger partial charge in [-0.3, -0.25) is 4.90 Å². The molecule has 0 radical (unpaired) electrons. The van der Waals surface area contributed by atoms with E-state index in [4.69, 9.17) is 0 Å². The summed E-state index contributed by atoms with van der Waals surface area (Å²) in [7, 11) is 0. The number of rotatable bonds is 3. The van der Waals surface area contributed by atoms with Crippen molar-refractivity contribution in [3.8, 4) is 0 Å². The van der Waals surface area contributed by atoms with Crippen molar-refractivity contribution >= 4 is 0 Å². The van der Waals surface area contributed by atoms with E-state index in [-0.39, 0.29) is 12.1 Å². The van der Waals surface area contributed by atoms with Crippen LogP contribution < -0.4 is 0 Å². The second-order valence-corrected chi connectivity index (χ2v) is 4.64. The molecule has 0 bridgehead atoms. The number of aliphatic hydroxyl groups is 2. The van der Waals surface area contributed by atoms with Crippen LogP contribution >= 0.6 is 0 Å². The number of hydrogen-bond acceptors (Lipinski definition) is 3. The first-order chi connectivity index (χ1) is 5.87. The second kappa shape index (κ2) is 3.56. The smallest absolute Gasteiger partial charge is 0.0923 e. The molecule has 0 aliphatic carbocycles. The molecule has 3 heteroatoms. The average Bonchev–Trinajstić information content (AvgIpc) is 1.96. The van der Waals surface area contributed by atoms with E-state index in [1.165, 1.54) is 0 Å². The lowest BCUT2D eigenvalue weighted by atomic mass is 9.82. The minimum atomic E-state index is -0.525. The van der Waals surface area contributed by atoms with Crippen molar-refractivity contribution in [3.63, 3.8) is 0 Å². The molecule has 1 heterocycles. The topological polar surface area (TPSA) is 43.7 Å². The Hall–Kier alpha value is -0.120. The SMILES string of the molecule is CC(O)C(C)N1CC(O)(C(C)C)C1. The van der Waals surface area contributed by atoms with Gasteiger partial charge in [0.25, 0.3) is 0 Å². The summed E-state index contributed by atoms with van der Waals surface area (Å²) in [6, 6.07) is 0.152. The van der Waals surface area contributed by atoms with E-state index in [9.17, 15) is 10.2 Å². The number of likely N-dealkylation sites (tertiary alicyclic amines) is 1. The Labute approximate surface area is 80.4 Å². The molecule has 0 spiro atoms. The lowest BCUT2D eigenvalue weighted by Gasteiger charge is -2.52. The molecule has 2 unspecified atom stereocenters. The molecule has 0 aromatic carbocycles. The van der Waals surface area contributed by atoms with Crippen LogP contribution in [0.15, 0.2) is 0 Å². The van der Waals surface area contributed by atoms with Gasteiger partial charge in [-0.15, -0.1) is 0 Å². The third-order valence-electron chi connectivity index (χ3n) is 3.30. The summed E-state index contributed by atoms with van der Waals surface area (Å²) in [5, 5.41) is 19.3. The Bertz CT molecular complexity index is 174. The lowest BCUT2D eigenvalue weighted by molar-refractivity contribution is -0.151. The summed E-state index contributed by atoms with van der Waals surface area (Å²) < 4.78 is 0. The van der Waals surface area contributed by atoms with Gasteiger partial charge in [0, 0.05) is 19.1 Å². The first-order valence-corrected chi connectivity index (χ1v) is 5.01. The standard InChI is InChI=1S/C10H21NO2/c1-7(2)10(13)5-11(6-10)8(3)9(4)12/h7-9,12-13H,5-6H2,1-4H3. The van der Waals surface area contributed by atoms with Gasteiger partial charge in [-0.25, -0.2) is 0 Å². The van der Waals surface area contributed by atoms with Gasteiger partial charge in [0.15, 0.2) is 0 Å². The van der Waals surface area contributed by atoms with Crippen molar-refractivity contribution in [1.29, 1.82) is 0 Å². The van der Waals surface area contributed by atoms with Crippen LogP contribution in [0.2, 0.25) is 0 Å². The maximum absolute atomic E-state index is 9.97. The first-order valence-electron chi connectivity index (χ1n) is 5.01. The van der Waals surface area contributed by atoms with E-state index in [0.29, 0.717) is 19.0 Å². The van der Waals surface area contributed by atoms with E-state index in [1.54, 1.807) is 6.92 Å². The minimum absolute atomic E-state index is 0.152. The fourth-order valence-corrected chi connectivity index (χ4v) is 1.62. The van der Waals surface area contributed by atoms with Crippen LogP contribution in [0.25, 0.3) is 0 Å². The van der Waals surface area contributed by atoms with Crippen LogP contribution in [0.5, 0.6) is 0 Å². The highest BCUT2D eigenvalue weighted by atomic mass is 16.3. The molecule has 1 aliphatic heterocycles. The van der Waals surface area contributed by atoms with E-state index in [2.05, 4.69) is 4.90 Å². The number of nitrogens with zero attached hydrogens (tertiary/aromatic N) is 1. The molecular formula is C10H21NO2. The maximum atomic E-state index is 9.97. The van der Waals surface area contributed by atoms with Gasteiger partial charge >= 0.3 is 0 Å². The molecule has 13 heavy (non-hydrogen) atoms. The maximum Gasteiger partial charge on any atom is 0.0923 e. The van der Waals surface area contributed by atoms with Gasteiger partial charge in [-0.1, -0.05) is 13.8 Å². The van der Waals surface area contributed by atoms with Crippen molar-refractivity contribution in [2.75, 3.05) is 13.1 Å². The molecule has 2 atom stereocenters. The van der Waals surface area contributed by atoms with E-state index < -0.39 is 5.60 Å². The van der Waals surface area contributed by atoms with E-state index >= 15 is 0 Å². The quantitative estimate of drug-likeness (QED) is 0.674. The first kappa shape index (κ1) is 11.0. The molecule has 1 rings (SSSR count). The highest BCUT2D eigenvalue weighted by molar-refractivity contribution is 4.99. The summed E-state index contributed by atoms with van der Waals surface area (Å²) in [4.78, 5) is 2.12. The third-order valence-corrected chi connectivity index (χ3v) is 3.30. The Morgan fingerprint density at radius 3 is 1.92 bits per heavy atom. The molecule has 1 saturated heterocycles. The Kier molecular flexibility index (Phi) is 3.00. The largest absolute Gasteiger partial charge is 0.392 e. The van der Waals surface area contributed by atoms with Crippen LogP contribution in [0.3, 0.4) is 0 Å². The number of aliphatic hydroxyl groups excluding tert-OH is 1. The summed E-state index contributed by atoms with van der Waals surface area (Å²) in [5.74, 6) is 0.296. The van der Waals surface area contributed by atoms with Gasteiger partial charge < -0.3 is 10.2 Å². The van der Waals surface area contributed by atoms with Crippen molar-refractivity contribution in [1.82, 2.24) is 4.90 Å². The number of β-amino-alcohol motifs (C(OH)–C–C–N with tert-alkyl or cyclic N) is 1. The average molecular weight is 187 g/mol. The predicted octanol–water partition coefficient (Wildman–Crippen LogP) is 0.458. The molecule has 0 aromatic rings. The Balaban J connectivity index is 2.40. The Morgan fingerprint density at radius 2 is 1.62 bits per heavy atom. The van der Waals surface area contributed by atoms with Crippen molar-refractivity contribution in [2.24, 2.45) is 5.92 Å². The van der Waals surface area contributed by atoms with Crippen molar-refractivity contribution in [2.45, 2.75) is 45.4 Å². The highest BCUT2D eigenvalue weighted by Crippen LogP contribution is 2.30. The van der Waals surface area contributed by atoms with E-state index in [0.717, 1.165) is 0 Å². The van der Waals surface area contributed by atoms with Crippen molar-refractivity contribution < 1.29 is 10.2 Å². The Morgan fingerprint density at radius 1 is 1.15 bits per heavy atom. The summed E-state index contributed by atoms with van der Waals surface area (Å²) in [5.41, 5.74) is -0.525. The van der Waals surface area contributed by atoms with Gasteiger partial charge in [0.1, 0.15) is 0 Å². The molecule has 0 aromatic heterocycles. The molecule has 1 fully saturated rings. The fraction of sp³-hybridized carbons (Fsp3) is 1.00. The molecule has 0 amide bonds. The van der Waals surface area contributed by atoms with Crippen LogP contribution in [0.4, 0.5) is 0 Å². The highest BCUT2D eigenvalue weighted by Gasteiger charge is 2.45. The molecule has 0 saturated carbocycles. The molecular weight excluding hydrogens is 166 g/mol. The summed E-state index contributed by atoms with van der Waals surface area (Å²) in [6.07, 6.45) is -0.322. The second-order valence-electron chi connectivity index (χ2n) is 4.64. The van der Waals surface area contributed by atoms with Crippen LogP contribution in [0, 0.1) is 5.92 Å². The van der Waals surface area contributed by atoms with Gasteiger partial charge in [-0.05, 0) is 19.8 Å². The summed E-state index contributed by atoms with van der Waals surface area (Å²) >= 11 is 0. The molecule has 3 nitrogen and oxygen atoms in total. The zero-order valence-corrected chi connectivity index (χ0v) is 8.99. The zero-order chi connectivity index (χ0) is 10.2. The van der Waals surface area contributed by atoms with Crippen LogP contribution in [0.1, 0.15) is 27.7 Å². The van der Waals surface area contributed by atoms with Crippen molar-refractivity contribution in [3.05, 3.63) is 0 Å². The van der Waals surface area contributed by atoms with Gasteiger partial charge in [0.05, 0.1) is 11.7 Å². The molecule has 1 aliphatic rings. The lowest BCUT2D eigenvalue weighted by Crippen LogP contribution is -2.67. The monoisotopic (exact) mass is 187 g/mol. The van der Waals surface area contributed by atoms with Gasteiger partial charge in [0.2, 0.25) is 0 Å². The van der Waals surface area contributed by atoms with Gasteiger partial charge in [-0.2, -0.15) is 0 Å². The molecule has 78 valence electrons. The van der Waals surface area contributed by atoms with Crippen LogP contribution in [-0.4, -0.2) is 45.9 Å². The normalized spacial score (nSPS) is 27.0. The van der Waals surface area contributed by atoms with E-state index in [1.807, 2.05) is 20.8 Å². The minimum Gasteiger partial charge on any atom is -0.392 e. The van der Waals surface area contributed by atoms with Crippen LogP contribution in [-0.2, 0) is 0 Å².